The van der Waals surface area contributed by atoms with Gasteiger partial charge in [0.15, 0.2) is 11.5 Å². The van der Waals surface area contributed by atoms with Gasteiger partial charge in [0.2, 0.25) is 5.91 Å². The molecule has 3 rings (SSSR count). The molecule has 0 radical (unpaired) electrons. The number of carboxylic acids is 1. The molecule has 0 saturated carbocycles. The summed E-state index contributed by atoms with van der Waals surface area (Å²) in [5, 5.41) is 14.1. The molecular formula is C35H36N2O12. The molecule has 3 aromatic carbocycles. The molecule has 2 atom stereocenters. The summed E-state index contributed by atoms with van der Waals surface area (Å²) >= 11 is 0. The zero-order valence-corrected chi connectivity index (χ0v) is 26.8. The van der Waals surface area contributed by atoms with Crippen molar-refractivity contribution in [2.24, 2.45) is 0 Å². The maximum atomic E-state index is 13.5. The standard InChI is InChI=1S/C35H36N2O12/c1-22(38)48-29-15-9-14-26(32(29)49-23(2)39)33(43)37-28(35(45)47-21-25-12-7-4-8-13-25)16-18-30(40)36-27(17-19-31(41)42)34(44)46-20-24-10-5-3-6-11-24/h3-15,27-28H,16-21H2,1-2H3,(H,36,40)(H,37,43)(H,41,42)/t27-,28-/m0/s1. The number of rotatable bonds is 17. The Morgan fingerprint density at radius 3 is 1.65 bits per heavy atom. The van der Waals surface area contributed by atoms with Gasteiger partial charge in [-0.1, -0.05) is 66.7 Å². The Labute approximate surface area is 281 Å². The van der Waals surface area contributed by atoms with Crippen LogP contribution in [0.5, 0.6) is 11.5 Å². The largest absolute Gasteiger partial charge is 0.481 e. The topological polar surface area (TPSA) is 201 Å². The van der Waals surface area contributed by atoms with E-state index in [1.807, 2.05) is 0 Å². The van der Waals surface area contributed by atoms with Gasteiger partial charge in [-0.2, -0.15) is 0 Å². The van der Waals surface area contributed by atoms with E-state index in [2.05, 4.69) is 10.6 Å². The Balaban J connectivity index is 1.77. The monoisotopic (exact) mass is 676 g/mol. The number of benzene rings is 3. The molecule has 14 heteroatoms. The normalized spacial score (nSPS) is 11.6. The maximum Gasteiger partial charge on any atom is 0.328 e. The fourth-order valence-corrected chi connectivity index (χ4v) is 4.38. The van der Waals surface area contributed by atoms with E-state index in [-0.39, 0.29) is 43.1 Å². The molecule has 0 aromatic heterocycles. The second-order valence-electron chi connectivity index (χ2n) is 10.6. The third-order valence-electron chi connectivity index (χ3n) is 6.69. The summed E-state index contributed by atoms with van der Waals surface area (Å²) < 4.78 is 20.9. The first-order valence-electron chi connectivity index (χ1n) is 15.2. The van der Waals surface area contributed by atoms with Crippen LogP contribution in [0.3, 0.4) is 0 Å². The van der Waals surface area contributed by atoms with Crippen LogP contribution in [0.15, 0.2) is 78.9 Å². The van der Waals surface area contributed by atoms with Crippen molar-refractivity contribution in [2.45, 2.75) is 64.8 Å². The lowest BCUT2D eigenvalue weighted by molar-refractivity contribution is -0.150. The lowest BCUT2D eigenvalue weighted by Gasteiger charge is -2.20. The van der Waals surface area contributed by atoms with Gasteiger partial charge >= 0.3 is 29.8 Å². The molecule has 0 aliphatic heterocycles. The molecule has 14 nitrogen and oxygen atoms in total. The van der Waals surface area contributed by atoms with Crippen molar-refractivity contribution >= 4 is 41.7 Å². The number of nitrogens with one attached hydrogen (secondary N) is 2. The molecule has 0 saturated heterocycles. The van der Waals surface area contributed by atoms with Gasteiger partial charge < -0.3 is 34.7 Å². The number of amides is 2. The van der Waals surface area contributed by atoms with Crippen LogP contribution >= 0.6 is 0 Å². The Morgan fingerprint density at radius 2 is 1.14 bits per heavy atom. The first-order chi connectivity index (χ1) is 23.4. The molecule has 0 fully saturated rings. The summed E-state index contributed by atoms with van der Waals surface area (Å²) in [6, 6.07) is 18.6. The number of carbonyl (C=O) groups is 7. The number of hydrogen-bond donors (Lipinski definition) is 3. The molecule has 0 spiro atoms. The second kappa shape index (κ2) is 18.9. The highest BCUT2D eigenvalue weighted by Gasteiger charge is 2.29. The second-order valence-corrected chi connectivity index (χ2v) is 10.6. The van der Waals surface area contributed by atoms with Crippen LogP contribution < -0.4 is 20.1 Å². The molecule has 0 unspecified atom stereocenters. The minimum atomic E-state index is -1.42. The van der Waals surface area contributed by atoms with E-state index < -0.39 is 66.6 Å². The highest BCUT2D eigenvalue weighted by molar-refractivity contribution is 6.00. The van der Waals surface area contributed by atoms with Gasteiger partial charge in [0.05, 0.1) is 5.56 Å². The SMILES string of the molecule is CC(=O)Oc1cccc(C(=O)N[C@@H](CCC(=O)N[C@@H](CCC(=O)O)C(=O)OCc2ccccc2)C(=O)OCc2ccccc2)c1OC(C)=O. The van der Waals surface area contributed by atoms with Crippen molar-refractivity contribution in [3.8, 4) is 11.5 Å². The molecular weight excluding hydrogens is 640 g/mol. The molecule has 0 aliphatic rings. The van der Waals surface area contributed by atoms with Crippen molar-refractivity contribution in [3.63, 3.8) is 0 Å². The fourth-order valence-electron chi connectivity index (χ4n) is 4.38. The molecule has 3 N–H and O–H groups in total. The summed E-state index contributed by atoms with van der Waals surface area (Å²) in [5.41, 5.74) is 1.08. The Hall–Kier alpha value is -6.05. The molecule has 0 bridgehead atoms. The molecule has 2 amide bonds. The van der Waals surface area contributed by atoms with Crippen molar-refractivity contribution in [1.82, 2.24) is 10.6 Å². The summed E-state index contributed by atoms with van der Waals surface area (Å²) in [4.78, 5) is 87.2. The fraction of sp³-hybridized carbons (Fsp3) is 0.286. The molecule has 258 valence electrons. The Bertz CT molecular complexity index is 1640. The quantitative estimate of drug-likeness (QED) is 0.139. The van der Waals surface area contributed by atoms with E-state index >= 15 is 0 Å². The average Bonchev–Trinajstić information content (AvgIpc) is 3.07. The van der Waals surface area contributed by atoms with Crippen molar-refractivity contribution in [2.75, 3.05) is 0 Å². The first kappa shape index (κ1) is 37.4. The third-order valence-corrected chi connectivity index (χ3v) is 6.69. The highest BCUT2D eigenvalue weighted by atomic mass is 16.6. The zero-order chi connectivity index (χ0) is 35.8. The van der Waals surface area contributed by atoms with Crippen LogP contribution in [0, 0.1) is 0 Å². The summed E-state index contributed by atoms with van der Waals surface area (Å²) in [6.07, 6.45) is -1.42. The molecule has 0 aliphatic carbocycles. The van der Waals surface area contributed by atoms with E-state index in [1.54, 1.807) is 60.7 Å². The van der Waals surface area contributed by atoms with Crippen molar-refractivity contribution < 1.29 is 57.6 Å². The minimum absolute atomic E-state index is 0.103. The van der Waals surface area contributed by atoms with Gasteiger partial charge in [-0.25, -0.2) is 9.59 Å². The zero-order valence-electron chi connectivity index (χ0n) is 26.8. The summed E-state index contributed by atoms with van der Waals surface area (Å²) in [5.74, 6) is -6.75. The van der Waals surface area contributed by atoms with Crippen LogP contribution in [0.1, 0.15) is 61.0 Å². The number of hydrogen-bond acceptors (Lipinski definition) is 11. The molecule has 49 heavy (non-hydrogen) atoms. The number of carbonyl (C=O) groups excluding carboxylic acids is 6. The number of para-hydroxylation sites is 1. The highest BCUT2D eigenvalue weighted by Crippen LogP contribution is 2.32. The van der Waals surface area contributed by atoms with Gasteiger partial charge in [0.1, 0.15) is 25.3 Å². The van der Waals surface area contributed by atoms with Gasteiger partial charge in [-0.15, -0.1) is 0 Å². The van der Waals surface area contributed by atoms with Crippen molar-refractivity contribution in [3.05, 3.63) is 95.6 Å². The van der Waals surface area contributed by atoms with E-state index in [4.69, 9.17) is 24.1 Å². The van der Waals surface area contributed by atoms with Gasteiger partial charge in [0, 0.05) is 26.7 Å². The van der Waals surface area contributed by atoms with Crippen LogP contribution in [-0.2, 0) is 51.5 Å². The minimum Gasteiger partial charge on any atom is -0.481 e. The van der Waals surface area contributed by atoms with Crippen LogP contribution in [-0.4, -0.2) is 58.9 Å². The average molecular weight is 677 g/mol. The van der Waals surface area contributed by atoms with E-state index in [1.165, 1.54) is 18.2 Å². The number of esters is 4. The van der Waals surface area contributed by atoms with E-state index in [0.29, 0.717) is 11.1 Å². The Kier molecular flexibility index (Phi) is 14.5. The summed E-state index contributed by atoms with van der Waals surface area (Å²) in [7, 11) is 0. The Morgan fingerprint density at radius 1 is 0.633 bits per heavy atom. The van der Waals surface area contributed by atoms with Crippen LogP contribution in [0.2, 0.25) is 0 Å². The molecule has 3 aromatic rings. The van der Waals surface area contributed by atoms with E-state index in [0.717, 1.165) is 13.8 Å². The number of aliphatic carboxylic acids is 1. The number of carboxylic acid groups (broad SMARTS) is 1. The maximum absolute atomic E-state index is 13.5. The van der Waals surface area contributed by atoms with Crippen LogP contribution in [0.4, 0.5) is 0 Å². The van der Waals surface area contributed by atoms with Crippen molar-refractivity contribution in [1.29, 1.82) is 0 Å². The van der Waals surface area contributed by atoms with Gasteiger partial charge in [-0.05, 0) is 36.1 Å². The van der Waals surface area contributed by atoms with E-state index in [9.17, 15) is 33.6 Å². The van der Waals surface area contributed by atoms with Gasteiger partial charge in [0.25, 0.3) is 5.91 Å². The lowest BCUT2D eigenvalue weighted by Crippen LogP contribution is -2.45. The first-order valence-corrected chi connectivity index (χ1v) is 15.2. The van der Waals surface area contributed by atoms with Crippen LogP contribution in [0.25, 0.3) is 0 Å². The summed E-state index contributed by atoms with van der Waals surface area (Å²) in [6.45, 7) is 1.94. The molecule has 0 heterocycles. The predicted octanol–water partition coefficient (Wildman–Crippen LogP) is 3.25. The number of ether oxygens (including phenoxy) is 4. The predicted molar refractivity (Wildman–Crippen MR) is 171 cm³/mol. The third kappa shape index (κ3) is 12.9. The van der Waals surface area contributed by atoms with Gasteiger partial charge in [-0.3, -0.25) is 24.0 Å². The smallest absolute Gasteiger partial charge is 0.328 e. The lowest BCUT2D eigenvalue weighted by atomic mass is 10.1.